The summed E-state index contributed by atoms with van der Waals surface area (Å²) in [7, 11) is 0. The van der Waals surface area contributed by atoms with E-state index in [0.29, 0.717) is 5.92 Å². The number of aliphatic hydroxyl groups is 1. The summed E-state index contributed by atoms with van der Waals surface area (Å²) in [6.45, 7) is 11.4. The molecule has 0 unspecified atom stereocenters. The molecule has 0 atom stereocenters. The number of likely N-dealkylation sites (N-methyl/N-ethyl adjacent to an activating group) is 1. The van der Waals surface area contributed by atoms with E-state index in [9.17, 15) is 5.11 Å². The lowest BCUT2D eigenvalue weighted by atomic mass is 10.0. The molecule has 0 saturated heterocycles. The van der Waals surface area contributed by atoms with E-state index in [1.165, 1.54) is 23.5 Å². The summed E-state index contributed by atoms with van der Waals surface area (Å²) in [6.07, 6.45) is 3.48. The van der Waals surface area contributed by atoms with Crippen LogP contribution in [0.5, 0.6) is 0 Å². The van der Waals surface area contributed by atoms with Crippen LogP contribution < -0.4 is 0 Å². The normalized spacial score (nSPS) is 16.3. The van der Waals surface area contributed by atoms with Crippen molar-refractivity contribution in [2.75, 3.05) is 19.6 Å². The van der Waals surface area contributed by atoms with Gasteiger partial charge in [-0.05, 0) is 39.8 Å². The van der Waals surface area contributed by atoms with E-state index in [-0.39, 0.29) is 0 Å². The molecule has 2 rings (SSSR count). The van der Waals surface area contributed by atoms with Crippen molar-refractivity contribution >= 4 is 11.3 Å². The SMILES string of the molecule is CCN(CC)CCc1nc(C2CC2)c(C(C)(C)O)s1. The molecular weight excluding hydrogens is 256 g/mol. The van der Waals surface area contributed by atoms with Gasteiger partial charge in [-0.2, -0.15) is 0 Å². The Hall–Kier alpha value is -0.450. The minimum Gasteiger partial charge on any atom is -0.385 e. The van der Waals surface area contributed by atoms with E-state index < -0.39 is 5.60 Å². The Bertz CT molecular complexity index is 414. The van der Waals surface area contributed by atoms with Crippen molar-refractivity contribution in [2.24, 2.45) is 0 Å². The molecule has 1 heterocycles. The molecule has 108 valence electrons. The average molecular weight is 282 g/mol. The Morgan fingerprint density at radius 3 is 2.42 bits per heavy atom. The Balaban J connectivity index is 2.09. The second-order valence-electron chi connectivity index (χ2n) is 5.93. The van der Waals surface area contributed by atoms with Gasteiger partial charge in [-0.25, -0.2) is 4.98 Å². The second kappa shape index (κ2) is 5.90. The summed E-state index contributed by atoms with van der Waals surface area (Å²) in [5.41, 5.74) is 0.426. The maximum Gasteiger partial charge on any atom is 0.0951 e. The van der Waals surface area contributed by atoms with Crippen molar-refractivity contribution in [1.29, 1.82) is 0 Å². The number of nitrogens with zero attached hydrogens (tertiary/aromatic N) is 2. The first-order valence-electron chi connectivity index (χ1n) is 7.40. The van der Waals surface area contributed by atoms with Crippen molar-refractivity contribution in [3.63, 3.8) is 0 Å². The molecule has 1 aromatic rings. The van der Waals surface area contributed by atoms with Crippen LogP contribution in [0.15, 0.2) is 0 Å². The second-order valence-corrected chi connectivity index (χ2v) is 7.02. The predicted octanol–water partition coefficient (Wildman–Crippen LogP) is 3.13. The van der Waals surface area contributed by atoms with E-state index in [4.69, 9.17) is 4.98 Å². The summed E-state index contributed by atoms with van der Waals surface area (Å²) < 4.78 is 0. The van der Waals surface area contributed by atoms with Crippen LogP contribution in [-0.4, -0.2) is 34.6 Å². The van der Waals surface area contributed by atoms with Gasteiger partial charge < -0.3 is 10.0 Å². The molecule has 0 bridgehead atoms. The lowest BCUT2D eigenvalue weighted by Gasteiger charge is -2.17. The number of hydrogen-bond donors (Lipinski definition) is 1. The smallest absolute Gasteiger partial charge is 0.0951 e. The molecule has 0 radical (unpaired) electrons. The summed E-state index contributed by atoms with van der Waals surface area (Å²) in [6, 6.07) is 0. The van der Waals surface area contributed by atoms with Crippen LogP contribution >= 0.6 is 11.3 Å². The predicted molar refractivity (Wildman–Crippen MR) is 80.8 cm³/mol. The molecule has 0 spiro atoms. The zero-order valence-corrected chi connectivity index (χ0v) is 13.4. The standard InChI is InChI=1S/C15H26N2OS/c1-5-17(6-2)10-9-12-16-13(11-7-8-11)14(19-12)15(3,4)18/h11,18H,5-10H2,1-4H3. The van der Waals surface area contributed by atoms with Crippen LogP contribution in [0.1, 0.15) is 62.0 Å². The lowest BCUT2D eigenvalue weighted by Crippen LogP contribution is -2.25. The third-order valence-corrected chi connectivity index (χ3v) is 5.20. The third kappa shape index (κ3) is 3.77. The summed E-state index contributed by atoms with van der Waals surface area (Å²) in [5, 5.41) is 11.5. The van der Waals surface area contributed by atoms with Crippen LogP contribution in [0.4, 0.5) is 0 Å². The fraction of sp³-hybridized carbons (Fsp3) is 0.800. The van der Waals surface area contributed by atoms with Gasteiger partial charge in [-0.1, -0.05) is 13.8 Å². The third-order valence-electron chi connectivity index (χ3n) is 3.75. The molecule has 1 aliphatic carbocycles. The summed E-state index contributed by atoms with van der Waals surface area (Å²) >= 11 is 1.71. The Morgan fingerprint density at radius 2 is 1.95 bits per heavy atom. The molecule has 1 fully saturated rings. The Kier molecular flexibility index (Phi) is 4.64. The maximum atomic E-state index is 10.3. The Labute approximate surface area is 120 Å². The van der Waals surface area contributed by atoms with Crippen LogP contribution in [-0.2, 0) is 12.0 Å². The molecule has 1 saturated carbocycles. The minimum absolute atomic E-state index is 0.611. The van der Waals surface area contributed by atoms with Crippen molar-refractivity contribution in [3.8, 4) is 0 Å². The first kappa shape index (κ1) is 14.9. The van der Waals surface area contributed by atoms with Crippen LogP contribution in [0.2, 0.25) is 0 Å². The van der Waals surface area contributed by atoms with Gasteiger partial charge in [-0.15, -0.1) is 11.3 Å². The first-order chi connectivity index (χ1) is 8.95. The summed E-state index contributed by atoms with van der Waals surface area (Å²) in [4.78, 5) is 8.32. The van der Waals surface area contributed by atoms with Gasteiger partial charge in [0.15, 0.2) is 0 Å². The zero-order valence-electron chi connectivity index (χ0n) is 12.6. The van der Waals surface area contributed by atoms with Crippen molar-refractivity contribution in [3.05, 3.63) is 15.6 Å². The van der Waals surface area contributed by atoms with E-state index in [0.717, 1.165) is 30.9 Å². The molecule has 1 aliphatic rings. The van der Waals surface area contributed by atoms with Gasteiger partial charge in [0.25, 0.3) is 0 Å². The molecule has 0 aliphatic heterocycles. The quantitative estimate of drug-likeness (QED) is 0.834. The van der Waals surface area contributed by atoms with E-state index in [1.807, 2.05) is 13.8 Å². The molecule has 19 heavy (non-hydrogen) atoms. The highest BCUT2D eigenvalue weighted by Gasteiger charge is 2.34. The highest BCUT2D eigenvalue weighted by molar-refractivity contribution is 7.11. The van der Waals surface area contributed by atoms with Crippen molar-refractivity contribution in [1.82, 2.24) is 9.88 Å². The summed E-state index contributed by atoms with van der Waals surface area (Å²) in [5.74, 6) is 0.611. The average Bonchev–Trinajstić information content (AvgIpc) is 3.10. The van der Waals surface area contributed by atoms with Crippen LogP contribution in [0, 0.1) is 0 Å². The lowest BCUT2D eigenvalue weighted by molar-refractivity contribution is 0.0813. The fourth-order valence-electron chi connectivity index (χ4n) is 2.35. The van der Waals surface area contributed by atoms with Crippen LogP contribution in [0.3, 0.4) is 0 Å². The molecular formula is C15H26N2OS. The van der Waals surface area contributed by atoms with Gasteiger partial charge >= 0.3 is 0 Å². The minimum atomic E-state index is -0.747. The molecule has 0 amide bonds. The number of hydrogen-bond acceptors (Lipinski definition) is 4. The van der Waals surface area contributed by atoms with Gasteiger partial charge in [0.05, 0.1) is 21.2 Å². The van der Waals surface area contributed by atoms with Crippen LogP contribution in [0.25, 0.3) is 0 Å². The number of aromatic nitrogens is 1. The van der Waals surface area contributed by atoms with Crippen molar-refractivity contribution in [2.45, 2.75) is 58.5 Å². The topological polar surface area (TPSA) is 36.4 Å². The zero-order chi connectivity index (χ0) is 14.0. The van der Waals surface area contributed by atoms with Gasteiger partial charge in [0.1, 0.15) is 0 Å². The molecule has 4 heteroatoms. The fourth-order valence-corrected chi connectivity index (χ4v) is 3.49. The monoisotopic (exact) mass is 282 g/mol. The van der Waals surface area contributed by atoms with E-state index in [1.54, 1.807) is 11.3 Å². The maximum absolute atomic E-state index is 10.3. The van der Waals surface area contributed by atoms with Gasteiger partial charge in [0.2, 0.25) is 0 Å². The highest BCUT2D eigenvalue weighted by Crippen LogP contribution is 2.45. The van der Waals surface area contributed by atoms with E-state index in [2.05, 4.69) is 18.7 Å². The van der Waals surface area contributed by atoms with Crippen molar-refractivity contribution < 1.29 is 5.11 Å². The van der Waals surface area contributed by atoms with Gasteiger partial charge in [0, 0.05) is 18.9 Å². The number of rotatable bonds is 7. The van der Waals surface area contributed by atoms with E-state index >= 15 is 0 Å². The molecule has 1 N–H and O–H groups in total. The molecule has 1 aromatic heterocycles. The molecule has 0 aromatic carbocycles. The largest absolute Gasteiger partial charge is 0.385 e. The highest BCUT2D eigenvalue weighted by atomic mass is 32.1. The number of thiazole rings is 1. The Morgan fingerprint density at radius 1 is 1.32 bits per heavy atom. The van der Waals surface area contributed by atoms with Gasteiger partial charge in [-0.3, -0.25) is 0 Å². The first-order valence-corrected chi connectivity index (χ1v) is 8.22. The molecule has 3 nitrogen and oxygen atoms in total.